The predicted molar refractivity (Wildman–Crippen MR) is 46.4 cm³/mol. The maximum Gasteiger partial charge on any atom is 0.218 e. The van der Waals surface area contributed by atoms with E-state index in [-0.39, 0.29) is 6.29 Å². The normalized spacial score (nSPS) is 32.3. The molecule has 0 aromatic carbocycles. The van der Waals surface area contributed by atoms with E-state index in [1.54, 1.807) is 0 Å². The molecule has 1 saturated heterocycles. The number of carbonyl (C=O) groups is 2. The summed E-state index contributed by atoms with van der Waals surface area (Å²) in [6.45, 7) is 0. The monoisotopic (exact) mass is 228 g/mol. The molecule has 1 unspecified atom stereocenters. The molecule has 76 valence electrons. The number of rotatable bonds is 2. The standard InChI is InChI=1S/C5H8O6S2/c6-1-4(7)5-2-12(8,9)3-13(5,10)11/h1,5,10-11H,2-3H2. The van der Waals surface area contributed by atoms with E-state index >= 15 is 0 Å². The van der Waals surface area contributed by atoms with Gasteiger partial charge in [-0.1, -0.05) is 0 Å². The molecule has 0 aliphatic carbocycles. The van der Waals surface area contributed by atoms with Crippen molar-refractivity contribution in [2.45, 2.75) is 5.25 Å². The summed E-state index contributed by atoms with van der Waals surface area (Å²) < 4.78 is 40.2. The zero-order valence-corrected chi connectivity index (χ0v) is 8.05. The van der Waals surface area contributed by atoms with E-state index in [2.05, 4.69) is 0 Å². The van der Waals surface area contributed by atoms with E-state index in [4.69, 9.17) is 0 Å². The maximum atomic E-state index is 10.9. The lowest BCUT2D eigenvalue weighted by Crippen LogP contribution is -2.27. The van der Waals surface area contributed by atoms with Crippen LogP contribution in [0.5, 0.6) is 0 Å². The van der Waals surface area contributed by atoms with E-state index < -0.39 is 42.3 Å². The molecule has 1 heterocycles. The van der Waals surface area contributed by atoms with Crippen LogP contribution in [0.15, 0.2) is 0 Å². The van der Waals surface area contributed by atoms with Gasteiger partial charge in [0.25, 0.3) is 0 Å². The molecule has 0 amide bonds. The Morgan fingerprint density at radius 2 is 1.92 bits per heavy atom. The van der Waals surface area contributed by atoms with E-state index in [1.165, 1.54) is 0 Å². The lowest BCUT2D eigenvalue weighted by Gasteiger charge is -2.29. The first kappa shape index (κ1) is 10.6. The average molecular weight is 228 g/mol. The van der Waals surface area contributed by atoms with Crippen LogP contribution < -0.4 is 0 Å². The molecular formula is C5H8O6S2. The molecule has 0 aromatic heterocycles. The molecule has 0 bridgehead atoms. The van der Waals surface area contributed by atoms with Gasteiger partial charge in [0.15, 0.2) is 16.1 Å². The van der Waals surface area contributed by atoms with Crippen LogP contribution in [0.1, 0.15) is 0 Å². The number of sulfone groups is 1. The van der Waals surface area contributed by atoms with Crippen molar-refractivity contribution in [3.8, 4) is 0 Å². The SMILES string of the molecule is O=CC(=O)C1CS(=O)(=O)CS1(O)O. The number of ketones is 1. The van der Waals surface area contributed by atoms with Crippen molar-refractivity contribution >= 4 is 32.5 Å². The van der Waals surface area contributed by atoms with E-state index in [0.29, 0.717) is 0 Å². The van der Waals surface area contributed by atoms with Crippen LogP contribution in [0.3, 0.4) is 0 Å². The smallest absolute Gasteiger partial charge is 0.218 e. The number of hydrogen-bond acceptors (Lipinski definition) is 6. The van der Waals surface area contributed by atoms with Gasteiger partial charge in [-0.05, 0) is 0 Å². The summed E-state index contributed by atoms with van der Waals surface area (Å²) in [6, 6.07) is 0. The van der Waals surface area contributed by atoms with Crippen LogP contribution >= 0.6 is 10.6 Å². The highest BCUT2D eigenvalue weighted by atomic mass is 32.3. The summed E-state index contributed by atoms with van der Waals surface area (Å²) in [4.78, 5) is 20.8. The highest BCUT2D eigenvalue weighted by Crippen LogP contribution is 2.51. The summed E-state index contributed by atoms with van der Waals surface area (Å²) in [5.74, 6) is -1.71. The first-order valence-electron chi connectivity index (χ1n) is 3.23. The van der Waals surface area contributed by atoms with Crippen molar-refractivity contribution in [3.63, 3.8) is 0 Å². The highest BCUT2D eigenvalue weighted by molar-refractivity contribution is 8.33. The molecule has 0 aromatic rings. The zero-order valence-electron chi connectivity index (χ0n) is 6.41. The lowest BCUT2D eigenvalue weighted by molar-refractivity contribution is -0.129. The molecule has 1 fully saturated rings. The minimum atomic E-state index is -3.60. The number of carbonyl (C=O) groups excluding carboxylic acids is 2. The summed E-state index contributed by atoms with van der Waals surface area (Å²) in [5.41, 5.74) is 0. The molecular weight excluding hydrogens is 220 g/mol. The number of Topliss-reactive ketones (excluding diaryl/α,β-unsaturated/α-hetero) is 1. The second-order valence-electron chi connectivity index (χ2n) is 2.75. The van der Waals surface area contributed by atoms with Crippen molar-refractivity contribution < 1.29 is 27.1 Å². The Balaban J connectivity index is 3.01. The molecule has 1 aliphatic rings. The molecule has 8 heteroatoms. The van der Waals surface area contributed by atoms with Crippen molar-refractivity contribution in [3.05, 3.63) is 0 Å². The third kappa shape index (κ3) is 2.08. The molecule has 0 spiro atoms. The van der Waals surface area contributed by atoms with Gasteiger partial charge < -0.3 is 0 Å². The van der Waals surface area contributed by atoms with Crippen molar-refractivity contribution in [1.82, 2.24) is 0 Å². The minimum absolute atomic E-state index is 0.0836. The van der Waals surface area contributed by atoms with Gasteiger partial charge in [-0.25, -0.2) is 8.42 Å². The number of hydrogen-bond donors (Lipinski definition) is 2. The molecule has 0 saturated carbocycles. The maximum absolute atomic E-state index is 10.9. The van der Waals surface area contributed by atoms with Gasteiger partial charge in [-0.2, -0.15) is 10.6 Å². The van der Waals surface area contributed by atoms with Gasteiger partial charge in [0.2, 0.25) is 5.78 Å². The highest BCUT2D eigenvalue weighted by Gasteiger charge is 2.45. The Hall–Kier alpha value is -0.440. The Labute approximate surface area is 76.2 Å². The molecule has 2 N–H and O–H groups in total. The van der Waals surface area contributed by atoms with Gasteiger partial charge in [-0.15, -0.1) is 0 Å². The Morgan fingerprint density at radius 3 is 2.23 bits per heavy atom. The summed E-state index contributed by atoms with van der Waals surface area (Å²) >= 11 is 0. The van der Waals surface area contributed by atoms with Crippen LogP contribution in [-0.4, -0.2) is 45.7 Å². The third-order valence-electron chi connectivity index (χ3n) is 1.65. The van der Waals surface area contributed by atoms with Gasteiger partial charge >= 0.3 is 0 Å². The van der Waals surface area contributed by atoms with Crippen LogP contribution in [-0.2, 0) is 19.4 Å². The van der Waals surface area contributed by atoms with Crippen molar-refractivity contribution in [2.24, 2.45) is 0 Å². The Bertz CT molecular complexity index is 342. The third-order valence-corrected chi connectivity index (χ3v) is 6.83. The Morgan fingerprint density at radius 1 is 1.38 bits per heavy atom. The molecule has 1 rings (SSSR count). The van der Waals surface area contributed by atoms with Gasteiger partial charge in [0.05, 0.1) is 5.75 Å². The first-order valence-corrected chi connectivity index (χ1v) is 6.83. The van der Waals surface area contributed by atoms with Gasteiger partial charge in [0, 0.05) is 0 Å². The quantitative estimate of drug-likeness (QED) is 0.476. The topological polar surface area (TPSA) is 109 Å². The van der Waals surface area contributed by atoms with Crippen molar-refractivity contribution in [2.75, 3.05) is 10.8 Å². The lowest BCUT2D eigenvalue weighted by atomic mass is 10.3. The van der Waals surface area contributed by atoms with Crippen LogP contribution in [0.2, 0.25) is 0 Å². The van der Waals surface area contributed by atoms with Crippen LogP contribution in [0.25, 0.3) is 0 Å². The van der Waals surface area contributed by atoms with E-state index in [9.17, 15) is 27.1 Å². The van der Waals surface area contributed by atoms with E-state index in [0.717, 1.165) is 0 Å². The average Bonchev–Trinajstić information content (AvgIpc) is 2.17. The van der Waals surface area contributed by atoms with E-state index in [1.807, 2.05) is 0 Å². The van der Waals surface area contributed by atoms with Crippen LogP contribution in [0, 0.1) is 0 Å². The fraction of sp³-hybridized carbons (Fsp3) is 0.600. The zero-order chi connectivity index (χ0) is 10.3. The fourth-order valence-corrected chi connectivity index (χ4v) is 6.78. The molecule has 0 radical (unpaired) electrons. The number of aldehydes is 1. The largest absolute Gasteiger partial charge is 0.298 e. The summed E-state index contributed by atoms with van der Waals surface area (Å²) in [6.07, 6.45) is -0.0836. The minimum Gasteiger partial charge on any atom is -0.298 e. The molecule has 13 heavy (non-hydrogen) atoms. The second kappa shape index (κ2) is 3.05. The summed E-state index contributed by atoms with van der Waals surface area (Å²) in [5, 5.41) is -2.28. The molecule has 1 atom stereocenters. The van der Waals surface area contributed by atoms with Crippen molar-refractivity contribution in [1.29, 1.82) is 0 Å². The predicted octanol–water partition coefficient (Wildman–Crippen LogP) is -0.740. The van der Waals surface area contributed by atoms with Gasteiger partial charge in [-0.3, -0.25) is 18.7 Å². The van der Waals surface area contributed by atoms with Crippen LogP contribution in [0.4, 0.5) is 0 Å². The molecule has 6 nitrogen and oxygen atoms in total. The first-order chi connectivity index (χ1) is 5.78. The van der Waals surface area contributed by atoms with Gasteiger partial charge in [0.1, 0.15) is 10.3 Å². The fourth-order valence-electron chi connectivity index (χ4n) is 1.08. The Kier molecular flexibility index (Phi) is 2.50. The molecule has 1 aliphatic heterocycles. The second-order valence-corrected chi connectivity index (χ2v) is 7.52. The summed E-state index contributed by atoms with van der Waals surface area (Å²) in [7, 11) is -7.08.